The van der Waals surface area contributed by atoms with Crippen LogP contribution in [0.4, 0.5) is 40.8 Å². The summed E-state index contributed by atoms with van der Waals surface area (Å²) in [6.07, 6.45) is 0. The number of rotatable bonds is 2. The Morgan fingerprint density at radius 1 is 0.540 bits per heavy atom. The molecule has 0 radical (unpaired) electrons. The molecule has 3 aromatic carbocycles. The Bertz CT molecular complexity index is 2500. The smallest absolute Gasteiger partial charge is 0.237 e. The average molecular weight is 674 g/mol. The quantitative estimate of drug-likeness (QED) is 0.117. The van der Waals surface area contributed by atoms with Gasteiger partial charge >= 0.3 is 0 Å². The van der Waals surface area contributed by atoms with Crippen molar-refractivity contribution in [2.24, 2.45) is 0 Å². The third-order valence-corrected chi connectivity index (χ3v) is 7.54. The number of hydrogen-bond acceptors (Lipinski definition) is 4. The molecular formula is C34H2F8N8. The van der Waals surface area contributed by atoms with E-state index in [0.29, 0.717) is 0 Å². The Morgan fingerprint density at radius 3 is 1.54 bits per heavy atom. The zero-order valence-electron chi connectivity index (χ0n) is 23.8. The van der Waals surface area contributed by atoms with Gasteiger partial charge in [0, 0.05) is 44.5 Å². The lowest BCUT2D eigenvalue weighted by Crippen LogP contribution is -2.05. The molecule has 0 bridgehead atoms. The van der Waals surface area contributed by atoms with Crippen LogP contribution in [0.1, 0.15) is 38.9 Å². The fourth-order valence-corrected chi connectivity index (χ4v) is 5.61. The van der Waals surface area contributed by atoms with E-state index in [1.165, 1.54) is 18.2 Å². The van der Waals surface area contributed by atoms with Gasteiger partial charge in [-0.1, -0.05) is 0 Å². The molecular weight excluding hydrogens is 672 g/mol. The van der Waals surface area contributed by atoms with Gasteiger partial charge in [-0.3, -0.25) is 0 Å². The van der Waals surface area contributed by atoms with Crippen molar-refractivity contribution in [3.05, 3.63) is 155 Å². The van der Waals surface area contributed by atoms with Crippen LogP contribution in [0.25, 0.3) is 52.9 Å². The molecule has 0 unspecified atom stereocenters. The number of allylic oxidation sites excluding steroid dienone is 7. The zero-order valence-corrected chi connectivity index (χ0v) is 23.8. The second kappa shape index (κ2) is 12.0. The number of fused-ring (bicyclic) bond motifs is 2. The molecule has 50 heavy (non-hydrogen) atoms. The van der Waals surface area contributed by atoms with E-state index in [-0.39, 0.29) is 12.1 Å². The van der Waals surface area contributed by atoms with Gasteiger partial charge in [-0.05, 0) is 23.3 Å². The van der Waals surface area contributed by atoms with Crippen LogP contribution in [-0.2, 0) is 0 Å². The minimum absolute atomic E-state index is 0.164. The van der Waals surface area contributed by atoms with Crippen LogP contribution in [0.15, 0.2) is 23.5 Å². The standard InChI is InChI=1S/C34H2F8N8/c1-47-17(9-45)22-19(11-5-15(35)13(7-43)29(39)27(11)37)14(8-44)20-24(22)31(41)25-23(18(10-46)48-2)21(34(50-4)26(25)30(20)40)12-6-16(36)33(49-3)32(42)28(12)38/h5-6H/b22-17-,23-18+. The van der Waals surface area contributed by atoms with Crippen molar-refractivity contribution < 1.29 is 35.1 Å². The van der Waals surface area contributed by atoms with E-state index in [9.17, 15) is 33.3 Å². The summed E-state index contributed by atoms with van der Waals surface area (Å²) in [5, 5.41) is 38.7. The van der Waals surface area contributed by atoms with E-state index < -0.39 is 136 Å². The summed E-state index contributed by atoms with van der Waals surface area (Å²) in [6.45, 7) is 29.6. The van der Waals surface area contributed by atoms with Gasteiger partial charge in [0.15, 0.2) is 23.3 Å². The summed E-state index contributed by atoms with van der Waals surface area (Å²) in [6, 6.07) is 5.40. The molecule has 3 aromatic rings. The van der Waals surface area contributed by atoms with E-state index >= 15 is 17.6 Å². The first kappa shape index (κ1) is 33.3. The lowest BCUT2D eigenvalue weighted by molar-refractivity contribution is 0.489. The first-order chi connectivity index (χ1) is 23.8. The fourth-order valence-electron chi connectivity index (χ4n) is 5.61. The molecule has 0 saturated heterocycles. The molecule has 0 aliphatic heterocycles. The van der Waals surface area contributed by atoms with E-state index in [0.717, 1.165) is 6.07 Å². The van der Waals surface area contributed by atoms with Gasteiger partial charge in [0.25, 0.3) is 17.1 Å². The first-order valence-corrected chi connectivity index (χ1v) is 12.8. The Kier molecular flexibility index (Phi) is 7.98. The molecule has 0 amide bonds. The topological polar surface area (TPSA) is 113 Å². The van der Waals surface area contributed by atoms with Crippen LogP contribution < -0.4 is 0 Å². The second-order valence-electron chi connectivity index (χ2n) is 9.73. The molecule has 0 heterocycles. The second-order valence-corrected chi connectivity index (χ2v) is 9.73. The van der Waals surface area contributed by atoms with Crippen LogP contribution >= 0.6 is 0 Å². The molecule has 0 N–H and O–H groups in total. The highest BCUT2D eigenvalue weighted by molar-refractivity contribution is 6.29. The van der Waals surface area contributed by atoms with Crippen molar-refractivity contribution in [3.8, 4) is 24.3 Å². The van der Waals surface area contributed by atoms with Crippen LogP contribution in [0.2, 0.25) is 0 Å². The summed E-state index contributed by atoms with van der Waals surface area (Å²) < 4.78 is 124. The monoisotopic (exact) mass is 674 g/mol. The maximum atomic E-state index is 17.1. The van der Waals surface area contributed by atoms with Gasteiger partial charge in [-0.15, -0.1) is 0 Å². The van der Waals surface area contributed by atoms with Gasteiger partial charge in [0.1, 0.15) is 41.0 Å². The number of benzene rings is 3. The minimum Gasteiger partial charge on any atom is -0.237 e. The number of nitrogens with zero attached hydrogens (tertiary/aromatic N) is 8. The third-order valence-electron chi connectivity index (χ3n) is 7.54. The average Bonchev–Trinajstić information content (AvgIpc) is 3.63. The summed E-state index contributed by atoms with van der Waals surface area (Å²) in [5.74, 6) is -15.4. The molecule has 0 fully saturated rings. The Hall–Kier alpha value is -8.02. The molecule has 0 saturated carbocycles. The zero-order chi connectivity index (χ0) is 36.9. The summed E-state index contributed by atoms with van der Waals surface area (Å²) >= 11 is 0. The SMILES string of the molecule is [C-]#[N+]C1=C(c2cc(F)c([N+]#[C-])c(F)c2F)/C(=C(/C#N)[N+]#[C-])c2c(F)c3c(c(F)c21)C(C#N)=C(c1cc(F)c(C#N)c(F)c1F)/C3=C(\C#N)[N+]#[C-]. The highest BCUT2D eigenvalue weighted by Crippen LogP contribution is 2.58. The van der Waals surface area contributed by atoms with E-state index in [2.05, 4.69) is 19.4 Å². The van der Waals surface area contributed by atoms with Crippen LogP contribution in [0.3, 0.4) is 0 Å². The van der Waals surface area contributed by atoms with Gasteiger partial charge in [0.05, 0.1) is 44.0 Å². The molecule has 8 nitrogen and oxygen atoms in total. The predicted octanol–water partition coefficient (Wildman–Crippen LogP) is 8.78. The summed E-state index contributed by atoms with van der Waals surface area (Å²) in [4.78, 5) is 11.3. The van der Waals surface area contributed by atoms with Crippen LogP contribution in [0, 0.1) is 118 Å². The fraction of sp³-hybridized carbons (Fsp3) is 0. The van der Waals surface area contributed by atoms with E-state index in [1.54, 1.807) is 0 Å². The number of halogens is 8. The maximum absolute atomic E-state index is 17.1. The van der Waals surface area contributed by atoms with Crippen molar-refractivity contribution in [1.29, 1.82) is 21.0 Å². The van der Waals surface area contributed by atoms with Gasteiger partial charge in [-0.25, -0.2) is 65.0 Å². The molecule has 5 rings (SSSR count). The van der Waals surface area contributed by atoms with Crippen molar-refractivity contribution >= 4 is 39.2 Å². The first-order valence-electron chi connectivity index (χ1n) is 12.8. The van der Waals surface area contributed by atoms with Crippen LogP contribution in [0.5, 0.6) is 0 Å². The van der Waals surface area contributed by atoms with Crippen molar-refractivity contribution in [1.82, 2.24) is 0 Å². The lowest BCUT2D eigenvalue weighted by Gasteiger charge is -2.16. The number of hydrogen-bond donors (Lipinski definition) is 0. The number of nitriles is 4. The molecule has 16 heteroatoms. The van der Waals surface area contributed by atoms with E-state index in [4.69, 9.17) is 31.6 Å². The summed E-state index contributed by atoms with van der Waals surface area (Å²) in [5.41, 5.74) is -19.6. The highest BCUT2D eigenvalue weighted by Gasteiger charge is 2.45. The van der Waals surface area contributed by atoms with Gasteiger partial charge < -0.3 is 0 Å². The van der Waals surface area contributed by atoms with Crippen molar-refractivity contribution in [3.63, 3.8) is 0 Å². The Morgan fingerprint density at radius 2 is 1.04 bits per heavy atom. The van der Waals surface area contributed by atoms with E-state index in [1.807, 2.05) is 0 Å². The highest BCUT2D eigenvalue weighted by atomic mass is 19.2. The Balaban J connectivity index is 2.09. The maximum Gasteiger partial charge on any atom is 0.270 e. The van der Waals surface area contributed by atoms with Gasteiger partial charge in [0.2, 0.25) is 5.70 Å². The molecule has 0 aromatic heterocycles. The normalized spacial score (nSPS) is 14.6. The Labute approximate surface area is 274 Å². The van der Waals surface area contributed by atoms with Crippen molar-refractivity contribution in [2.45, 2.75) is 0 Å². The molecule has 2 aliphatic rings. The molecule has 0 atom stereocenters. The van der Waals surface area contributed by atoms with Gasteiger partial charge in [-0.2, -0.15) is 10.5 Å². The van der Waals surface area contributed by atoms with Crippen LogP contribution in [-0.4, -0.2) is 0 Å². The largest absolute Gasteiger partial charge is 0.270 e. The molecule has 2 aliphatic carbocycles. The lowest BCUT2D eigenvalue weighted by atomic mass is 9.89. The minimum atomic E-state index is -2.11. The molecule has 234 valence electrons. The third kappa shape index (κ3) is 4.22. The predicted molar refractivity (Wildman–Crippen MR) is 154 cm³/mol. The summed E-state index contributed by atoms with van der Waals surface area (Å²) in [7, 11) is 0. The van der Waals surface area contributed by atoms with Crippen molar-refractivity contribution in [2.75, 3.05) is 0 Å². The molecule has 0 spiro atoms.